The highest BCUT2D eigenvalue weighted by molar-refractivity contribution is 5.87. The normalized spacial score (nSPS) is 23.2. The largest absolute Gasteiger partial charge is 0.497 e. The van der Waals surface area contributed by atoms with Crippen LogP contribution in [0.25, 0.3) is 0 Å². The van der Waals surface area contributed by atoms with Crippen molar-refractivity contribution in [1.29, 1.82) is 0 Å². The van der Waals surface area contributed by atoms with Crippen molar-refractivity contribution < 1.29 is 19.4 Å². The average Bonchev–Trinajstić information content (AvgIpc) is 2.72. The van der Waals surface area contributed by atoms with Gasteiger partial charge in [-0.15, -0.1) is 0 Å². The number of rotatable bonds is 3. The van der Waals surface area contributed by atoms with E-state index in [0.717, 1.165) is 5.56 Å². The van der Waals surface area contributed by atoms with Crippen LogP contribution in [0.4, 0.5) is 0 Å². The summed E-state index contributed by atoms with van der Waals surface area (Å²) in [6.07, 6.45) is 0.0250. The van der Waals surface area contributed by atoms with Crippen LogP contribution in [-0.2, 0) is 9.59 Å². The lowest BCUT2D eigenvalue weighted by Crippen LogP contribution is -2.24. The topological polar surface area (TPSA) is 75.6 Å². The van der Waals surface area contributed by atoms with E-state index in [0.29, 0.717) is 5.75 Å². The number of carbonyl (C=O) groups excluding carboxylic acids is 1. The first-order chi connectivity index (χ1) is 8.11. The Kier molecular flexibility index (Phi) is 2.99. The van der Waals surface area contributed by atoms with Crippen molar-refractivity contribution in [2.24, 2.45) is 5.92 Å². The van der Waals surface area contributed by atoms with Crippen molar-refractivity contribution >= 4 is 11.9 Å². The van der Waals surface area contributed by atoms with Crippen LogP contribution in [0.1, 0.15) is 18.0 Å². The summed E-state index contributed by atoms with van der Waals surface area (Å²) in [4.78, 5) is 22.4. The van der Waals surface area contributed by atoms with E-state index in [4.69, 9.17) is 9.84 Å². The van der Waals surface area contributed by atoms with E-state index in [2.05, 4.69) is 5.32 Å². The van der Waals surface area contributed by atoms with E-state index < -0.39 is 17.9 Å². The Bertz CT molecular complexity index is 458. The van der Waals surface area contributed by atoms with Crippen LogP contribution >= 0.6 is 0 Å². The number of methoxy groups -OCH3 is 1. The van der Waals surface area contributed by atoms with Crippen LogP contribution in [-0.4, -0.2) is 24.1 Å². The van der Waals surface area contributed by atoms with Gasteiger partial charge in [-0.25, -0.2) is 0 Å². The number of hydrogen-bond donors (Lipinski definition) is 2. The molecule has 0 spiro atoms. The minimum Gasteiger partial charge on any atom is -0.497 e. The molecule has 1 aliphatic rings. The number of nitrogens with one attached hydrogen (secondary N) is 1. The molecule has 1 amide bonds. The summed E-state index contributed by atoms with van der Waals surface area (Å²) in [7, 11) is 1.54. The van der Waals surface area contributed by atoms with E-state index in [9.17, 15) is 9.59 Å². The first-order valence-corrected chi connectivity index (χ1v) is 5.28. The van der Waals surface area contributed by atoms with Crippen molar-refractivity contribution in [3.05, 3.63) is 29.8 Å². The molecule has 1 saturated heterocycles. The van der Waals surface area contributed by atoms with Crippen molar-refractivity contribution in [3.63, 3.8) is 0 Å². The van der Waals surface area contributed by atoms with Crippen molar-refractivity contribution in [1.82, 2.24) is 5.32 Å². The van der Waals surface area contributed by atoms with E-state index in [1.807, 2.05) is 0 Å². The highest BCUT2D eigenvalue weighted by Crippen LogP contribution is 2.31. The van der Waals surface area contributed by atoms with Crippen LogP contribution in [0.3, 0.4) is 0 Å². The Morgan fingerprint density at radius 1 is 1.53 bits per heavy atom. The molecular weight excluding hydrogens is 222 g/mol. The lowest BCUT2D eigenvalue weighted by molar-refractivity contribution is -0.142. The van der Waals surface area contributed by atoms with Gasteiger partial charge in [0.2, 0.25) is 5.91 Å². The second-order valence-corrected chi connectivity index (χ2v) is 3.97. The zero-order valence-electron chi connectivity index (χ0n) is 9.34. The highest BCUT2D eigenvalue weighted by Gasteiger charge is 2.38. The zero-order chi connectivity index (χ0) is 12.4. The molecule has 1 unspecified atom stereocenters. The Morgan fingerprint density at radius 3 is 2.94 bits per heavy atom. The zero-order valence-corrected chi connectivity index (χ0v) is 9.34. The Balaban J connectivity index is 2.31. The summed E-state index contributed by atoms with van der Waals surface area (Å²) >= 11 is 0. The molecule has 1 aromatic carbocycles. The molecule has 5 heteroatoms. The Morgan fingerprint density at radius 2 is 2.29 bits per heavy atom. The summed E-state index contributed by atoms with van der Waals surface area (Å²) in [5, 5.41) is 11.7. The molecule has 0 saturated carbocycles. The minimum atomic E-state index is -0.962. The molecule has 90 valence electrons. The van der Waals surface area contributed by atoms with E-state index in [-0.39, 0.29) is 12.3 Å². The molecule has 2 N–H and O–H groups in total. The van der Waals surface area contributed by atoms with E-state index in [1.165, 1.54) is 0 Å². The third-order valence-electron chi connectivity index (χ3n) is 2.89. The second-order valence-electron chi connectivity index (χ2n) is 3.97. The maximum atomic E-state index is 11.3. The number of ether oxygens (including phenoxy) is 1. The SMILES string of the molecule is COc1cccc([C@H]2NC(=O)CC2C(=O)O)c1. The summed E-state index contributed by atoms with van der Waals surface area (Å²) in [6.45, 7) is 0. The number of carbonyl (C=O) groups is 2. The lowest BCUT2D eigenvalue weighted by Gasteiger charge is -2.16. The van der Waals surface area contributed by atoms with Gasteiger partial charge in [-0.05, 0) is 17.7 Å². The Labute approximate surface area is 98.4 Å². The van der Waals surface area contributed by atoms with Gasteiger partial charge in [-0.1, -0.05) is 12.1 Å². The molecule has 1 aliphatic heterocycles. The fourth-order valence-electron chi connectivity index (χ4n) is 2.03. The van der Waals surface area contributed by atoms with Crippen molar-refractivity contribution in [2.75, 3.05) is 7.11 Å². The lowest BCUT2D eigenvalue weighted by atomic mass is 9.94. The predicted octanol–water partition coefficient (Wildman–Crippen LogP) is 0.957. The molecule has 0 bridgehead atoms. The van der Waals surface area contributed by atoms with Crippen LogP contribution in [0.15, 0.2) is 24.3 Å². The molecule has 0 radical (unpaired) electrons. The minimum absolute atomic E-state index is 0.0250. The molecule has 1 aromatic rings. The molecule has 5 nitrogen and oxygen atoms in total. The molecule has 1 fully saturated rings. The van der Waals surface area contributed by atoms with Gasteiger partial charge in [-0.2, -0.15) is 0 Å². The highest BCUT2D eigenvalue weighted by atomic mass is 16.5. The molecule has 1 heterocycles. The number of carboxylic acid groups (broad SMARTS) is 1. The molecule has 0 aliphatic carbocycles. The average molecular weight is 235 g/mol. The van der Waals surface area contributed by atoms with Gasteiger partial charge < -0.3 is 15.2 Å². The third-order valence-corrected chi connectivity index (χ3v) is 2.89. The van der Waals surface area contributed by atoms with Crippen LogP contribution in [0.5, 0.6) is 5.75 Å². The van der Waals surface area contributed by atoms with Crippen molar-refractivity contribution in [2.45, 2.75) is 12.5 Å². The maximum Gasteiger partial charge on any atom is 0.309 e. The summed E-state index contributed by atoms with van der Waals surface area (Å²) in [5.74, 6) is -1.26. The van der Waals surface area contributed by atoms with Gasteiger partial charge >= 0.3 is 5.97 Å². The van der Waals surface area contributed by atoms with Gasteiger partial charge in [0.15, 0.2) is 0 Å². The summed E-state index contributed by atoms with van der Waals surface area (Å²) < 4.78 is 5.08. The monoisotopic (exact) mass is 235 g/mol. The van der Waals surface area contributed by atoms with Crippen molar-refractivity contribution in [3.8, 4) is 5.75 Å². The van der Waals surface area contributed by atoms with Gasteiger partial charge in [0.05, 0.1) is 19.1 Å². The fourth-order valence-corrected chi connectivity index (χ4v) is 2.03. The second kappa shape index (κ2) is 4.45. The number of amides is 1. The maximum absolute atomic E-state index is 11.3. The molecule has 0 aromatic heterocycles. The molecule has 2 atom stereocenters. The number of hydrogen-bond acceptors (Lipinski definition) is 3. The van der Waals surface area contributed by atoms with Gasteiger partial charge in [0.25, 0.3) is 0 Å². The van der Waals surface area contributed by atoms with Crippen LogP contribution < -0.4 is 10.1 Å². The Hall–Kier alpha value is -2.04. The first kappa shape index (κ1) is 11.4. The fraction of sp³-hybridized carbons (Fsp3) is 0.333. The standard InChI is InChI=1S/C12H13NO4/c1-17-8-4-2-3-7(5-8)11-9(12(15)16)6-10(14)13-11/h2-5,9,11H,6H2,1H3,(H,13,14)(H,15,16)/t9?,11-/m1/s1. The number of benzene rings is 1. The van der Waals surface area contributed by atoms with E-state index in [1.54, 1.807) is 31.4 Å². The van der Waals surface area contributed by atoms with Gasteiger partial charge in [0.1, 0.15) is 5.75 Å². The predicted molar refractivity (Wildman–Crippen MR) is 59.6 cm³/mol. The summed E-state index contributed by atoms with van der Waals surface area (Å²) in [5.41, 5.74) is 0.752. The molecule has 2 rings (SSSR count). The van der Waals surface area contributed by atoms with Gasteiger partial charge in [0, 0.05) is 6.42 Å². The van der Waals surface area contributed by atoms with Crippen LogP contribution in [0.2, 0.25) is 0 Å². The number of carboxylic acids is 1. The third kappa shape index (κ3) is 2.22. The smallest absolute Gasteiger partial charge is 0.309 e. The van der Waals surface area contributed by atoms with Crippen LogP contribution in [0, 0.1) is 5.92 Å². The van der Waals surface area contributed by atoms with Gasteiger partial charge in [-0.3, -0.25) is 9.59 Å². The van der Waals surface area contributed by atoms with E-state index >= 15 is 0 Å². The first-order valence-electron chi connectivity index (χ1n) is 5.28. The quantitative estimate of drug-likeness (QED) is 0.818. The number of aliphatic carboxylic acids is 1. The molecular formula is C12H13NO4. The summed E-state index contributed by atoms with van der Waals surface area (Å²) in [6, 6.07) is 6.60. The molecule has 17 heavy (non-hydrogen) atoms.